The van der Waals surface area contributed by atoms with Crippen LogP contribution in [0.4, 0.5) is 0 Å². The van der Waals surface area contributed by atoms with Gasteiger partial charge in [0.05, 0.1) is 18.5 Å². The molecule has 0 fully saturated rings. The number of rotatable bonds is 7. The van der Waals surface area contributed by atoms with Gasteiger partial charge >= 0.3 is 0 Å². The Labute approximate surface area is 212 Å². The van der Waals surface area contributed by atoms with Crippen molar-refractivity contribution >= 4 is 39.2 Å². The van der Waals surface area contributed by atoms with Crippen LogP contribution in [-0.4, -0.2) is 29.2 Å². The summed E-state index contributed by atoms with van der Waals surface area (Å²) >= 11 is 1.69. The molecule has 0 saturated carbocycles. The van der Waals surface area contributed by atoms with Crippen molar-refractivity contribution in [3.8, 4) is 0 Å². The van der Waals surface area contributed by atoms with Crippen LogP contribution in [0.3, 0.4) is 0 Å². The van der Waals surface area contributed by atoms with E-state index in [-0.39, 0.29) is 30.7 Å². The van der Waals surface area contributed by atoms with E-state index in [1.807, 2.05) is 32.0 Å². The minimum Gasteiger partial charge on any atom is -0.369 e. The molecular formula is C28H36N4O2S. The first kappa shape index (κ1) is 26.4. The molecule has 0 saturated heterocycles. The number of hydrogen-bond acceptors (Lipinski definition) is 5. The summed E-state index contributed by atoms with van der Waals surface area (Å²) in [7, 11) is 0. The zero-order valence-electron chi connectivity index (χ0n) is 21.1. The van der Waals surface area contributed by atoms with Crippen molar-refractivity contribution < 1.29 is 9.59 Å². The van der Waals surface area contributed by atoms with Crippen LogP contribution in [0.15, 0.2) is 58.9 Å². The number of aliphatic imine (C=N–C) groups is 1. The Kier molecular flexibility index (Phi) is 9.04. The van der Waals surface area contributed by atoms with Gasteiger partial charge in [0.15, 0.2) is 5.96 Å². The van der Waals surface area contributed by atoms with Gasteiger partial charge < -0.3 is 11.1 Å². The average molecular weight is 493 g/mol. The highest BCUT2D eigenvalue weighted by atomic mass is 32.1. The van der Waals surface area contributed by atoms with Crippen molar-refractivity contribution in [2.24, 2.45) is 10.7 Å². The minimum absolute atomic E-state index is 0.0822. The third-order valence-corrected chi connectivity index (χ3v) is 6.97. The fourth-order valence-corrected chi connectivity index (χ4v) is 4.61. The van der Waals surface area contributed by atoms with Crippen LogP contribution in [0.2, 0.25) is 0 Å². The van der Waals surface area contributed by atoms with Crippen LogP contribution in [0.1, 0.15) is 74.9 Å². The summed E-state index contributed by atoms with van der Waals surface area (Å²) in [6, 6.07) is 15.5. The number of nitrogens with zero attached hydrogens (tertiary/aromatic N) is 2. The second kappa shape index (κ2) is 12.0. The molecule has 1 aliphatic heterocycles. The Hall–Kier alpha value is -3.19. The predicted molar refractivity (Wildman–Crippen MR) is 146 cm³/mol. The average Bonchev–Trinajstić information content (AvgIpc) is 3.33. The fourth-order valence-electron chi connectivity index (χ4n) is 3.84. The molecule has 4 rings (SSSR count). The second-order valence-electron chi connectivity index (χ2n) is 9.03. The summed E-state index contributed by atoms with van der Waals surface area (Å²) in [5.74, 6) is -0.00189. The highest BCUT2D eigenvalue weighted by Gasteiger charge is 2.37. The van der Waals surface area contributed by atoms with Crippen LogP contribution in [0.25, 0.3) is 10.1 Å². The van der Waals surface area contributed by atoms with E-state index in [2.05, 4.69) is 42.7 Å². The number of unbranched alkanes of at least 4 members (excludes halogenated alkanes) is 1. The van der Waals surface area contributed by atoms with Crippen LogP contribution < -0.4 is 11.1 Å². The molecule has 2 amide bonds. The summed E-state index contributed by atoms with van der Waals surface area (Å²) in [5.41, 5.74) is 7.94. The Balaban J connectivity index is 0.000000795. The Morgan fingerprint density at radius 2 is 1.89 bits per heavy atom. The molecule has 186 valence electrons. The molecule has 0 spiro atoms. The molecule has 6 nitrogen and oxygen atoms in total. The first-order chi connectivity index (χ1) is 16.8. The van der Waals surface area contributed by atoms with Crippen LogP contribution in [0, 0.1) is 0 Å². The number of nitrogens with one attached hydrogen (secondary N) is 1. The number of nitrogens with two attached hydrogens (primary N) is 1. The standard InChI is InChI=1S/C24H26N4O2S.C4H10/c1-3-10-26-22(30)18-6-4-5-16(12-18)15-28-21(29)14-24(2,27-23(28)25)19-7-8-20-17(13-19)9-11-31-20;1-3-4-2/h4-9,11-13H,3,10,14-15H2,1-2H3,(H2,25,27)(H,26,30);3-4H2,1-2H3/t24-;/m0./s1. The molecule has 0 radical (unpaired) electrons. The maximum Gasteiger partial charge on any atom is 0.251 e. The number of benzene rings is 2. The Bertz CT molecular complexity index is 1200. The van der Waals surface area contributed by atoms with E-state index in [0.29, 0.717) is 12.1 Å². The van der Waals surface area contributed by atoms with Gasteiger partial charge in [-0.25, -0.2) is 4.99 Å². The number of thiophene rings is 1. The number of hydrogen-bond donors (Lipinski definition) is 2. The van der Waals surface area contributed by atoms with Gasteiger partial charge in [0, 0.05) is 16.8 Å². The lowest BCUT2D eigenvalue weighted by Gasteiger charge is -2.35. The van der Waals surface area contributed by atoms with Gasteiger partial charge in [0.2, 0.25) is 5.91 Å². The Morgan fingerprint density at radius 1 is 1.11 bits per heavy atom. The second-order valence-corrected chi connectivity index (χ2v) is 9.98. The highest BCUT2D eigenvalue weighted by molar-refractivity contribution is 7.17. The van der Waals surface area contributed by atoms with E-state index in [1.54, 1.807) is 23.5 Å². The monoisotopic (exact) mass is 492 g/mol. The molecule has 1 atom stereocenters. The molecule has 7 heteroatoms. The lowest BCUT2D eigenvalue weighted by molar-refractivity contribution is -0.130. The molecule has 0 aliphatic carbocycles. The first-order valence-corrected chi connectivity index (χ1v) is 13.2. The highest BCUT2D eigenvalue weighted by Crippen LogP contribution is 2.36. The quantitative estimate of drug-likeness (QED) is 0.436. The van der Waals surface area contributed by atoms with E-state index >= 15 is 0 Å². The smallest absolute Gasteiger partial charge is 0.251 e. The molecule has 1 aromatic heterocycles. The van der Waals surface area contributed by atoms with Gasteiger partial charge in [0.25, 0.3) is 5.91 Å². The van der Waals surface area contributed by atoms with Crippen molar-refractivity contribution in [2.75, 3.05) is 6.54 Å². The van der Waals surface area contributed by atoms with Crippen molar-refractivity contribution in [1.29, 1.82) is 0 Å². The molecule has 1 aliphatic rings. The summed E-state index contributed by atoms with van der Waals surface area (Å²) in [6.07, 6.45) is 3.75. The zero-order valence-corrected chi connectivity index (χ0v) is 22.0. The lowest BCUT2D eigenvalue weighted by atomic mass is 9.87. The maximum atomic E-state index is 13.1. The fraction of sp³-hybridized carbons (Fsp3) is 0.393. The van der Waals surface area contributed by atoms with Gasteiger partial charge in [0.1, 0.15) is 0 Å². The SMILES string of the molecule is CCCC.CCCNC(=O)c1cccc(CN2C(=O)C[C@@](C)(c3ccc4sccc4c3)N=C2N)c1. The molecule has 2 heterocycles. The zero-order chi connectivity index (χ0) is 25.4. The molecular weight excluding hydrogens is 456 g/mol. The van der Waals surface area contributed by atoms with Crippen molar-refractivity contribution in [3.05, 3.63) is 70.6 Å². The summed E-state index contributed by atoms with van der Waals surface area (Å²) in [5, 5.41) is 6.07. The normalized spacial score (nSPS) is 17.5. The first-order valence-electron chi connectivity index (χ1n) is 12.3. The largest absolute Gasteiger partial charge is 0.369 e. The van der Waals surface area contributed by atoms with Gasteiger partial charge in [-0.1, -0.05) is 51.8 Å². The van der Waals surface area contributed by atoms with E-state index in [4.69, 9.17) is 10.7 Å². The molecule has 3 aromatic rings. The minimum atomic E-state index is -0.699. The molecule has 0 unspecified atom stereocenters. The van der Waals surface area contributed by atoms with E-state index in [0.717, 1.165) is 22.9 Å². The van der Waals surface area contributed by atoms with Crippen molar-refractivity contribution in [2.45, 2.75) is 65.5 Å². The lowest BCUT2D eigenvalue weighted by Crippen LogP contribution is -2.49. The number of amides is 2. The van der Waals surface area contributed by atoms with Gasteiger partial charge in [-0.2, -0.15) is 0 Å². The molecule has 35 heavy (non-hydrogen) atoms. The Morgan fingerprint density at radius 3 is 2.57 bits per heavy atom. The molecule has 3 N–H and O–H groups in total. The topological polar surface area (TPSA) is 87.8 Å². The summed E-state index contributed by atoms with van der Waals surface area (Å²) in [4.78, 5) is 31.5. The number of guanidine groups is 1. The maximum absolute atomic E-state index is 13.1. The molecule has 2 aromatic carbocycles. The third kappa shape index (κ3) is 6.48. The van der Waals surface area contributed by atoms with E-state index in [1.165, 1.54) is 22.4 Å². The van der Waals surface area contributed by atoms with Crippen molar-refractivity contribution in [1.82, 2.24) is 10.2 Å². The summed E-state index contributed by atoms with van der Waals surface area (Å²) < 4.78 is 1.20. The summed E-state index contributed by atoms with van der Waals surface area (Å²) in [6.45, 7) is 9.22. The van der Waals surface area contributed by atoms with Crippen LogP contribution >= 0.6 is 11.3 Å². The number of carbonyl (C=O) groups is 2. The van der Waals surface area contributed by atoms with Gasteiger partial charge in [-0.15, -0.1) is 11.3 Å². The molecule has 0 bridgehead atoms. The predicted octanol–water partition coefficient (Wildman–Crippen LogP) is 5.81. The van der Waals surface area contributed by atoms with Crippen LogP contribution in [-0.2, 0) is 16.9 Å². The third-order valence-electron chi connectivity index (χ3n) is 6.07. The van der Waals surface area contributed by atoms with Crippen LogP contribution in [0.5, 0.6) is 0 Å². The van der Waals surface area contributed by atoms with E-state index < -0.39 is 5.54 Å². The number of fused-ring (bicyclic) bond motifs is 1. The van der Waals surface area contributed by atoms with Crippen molar-refractivity contribution in [3.63, 3.8) is 0 Å². The number of carbonyl (C=O) groups excluding carboxylic acids is 2. The van der Waals surface area contributed by atoms with Gasteiger partial charge in [-0.05, 0) is 65.6 Å². The van der Waals surface area contributed by atoms with E-state index in [9.17, 15) is 9.59 Å². The van der Waals surface area contributed by atoms with Gasteiger partial charge in [-0.3, -0.25) is 14.5 Å².